The molecular formula is C22H38O3. The van der Waals surface area contributed by atoms with Crippen molar-refractivity contribution in [2.45, 2.75) is 104 Å². The van der Waals surface area contributed by atoms with E-state index >= 15 is 0 Å². The largest absolute Gasteiger partial charge is 0.390 e. The second-order valence-corrected chi connectivity index (χ2v) is 6.88. The Labute approximate surface area is 154 Å². The summed E-state index contributed by atoms with van der Waals surface area (Å²) in [5.41, 5.74) is 0.262. The van der Waals surface area contributed by atoms with Gasteiger partial charge in [-0.3, -0.25) is 4.79 Å². The predicted octanol–water partition coefficient (Wildman–Crippen LogP) is 6.67. The predicted molar refractivity (Wildman–Crippen MR) is 105 cm³/mol. The first kappa shape index (κ1) is 23.6. The molecule has 0 radical (unpaired) electrons. The fraction of sp³-hybridized carbons (Fsp3) is 0.727. The molecule has 3 nitrogen and oxygen atoms in total. The summed E-state index contributed by atoms with van der Waals surface area (Å²) >= 11 is 0. The number of hydrogen-bond donors (Lipinski definition) is 0. The molecule has 0 aromatic carbocycles. The molecule has 0 amide bonds. The Morgan fingerprint density at radius 2 is 1.28 bits per heavy atom. The van der Waals surface area contributed by atoms with E-state index in [1.54, 1.807) is 0 Å². The van der Waals surface area contributed by atoms with Gasteiger partial charge in [0.25, 0.3) is 0 Å². The Morgan fingerprint density at radius 3 is 1.80 bits per heavy atom. The van der Waals surface area contributed by atoms with E-state index in [4.69, 9.17) is 0 Å². The highest BCUT2D eigenvalue weighted by molar-refractivity contribution is 5.95. The summed E-state index contributed by atoms with van der Waals surface area (Å²) in [7, 11) is 0. The Bertz CT molecular complexity index is 396. The van der Waals surface area contributed by atoms with Crippen molar-refractivity contribution in [3.63, 3.8) is 0 Å². The molecule has 0 aliphatic heterocycles. The van der Waals surface area contributed by atoms with Crippen LogP contribution in [0.3, 0.4) is 0 Å². The van der Waals surface area contributed by atoms with Gasteiger partial charge < -0.3 is 4.74 Å². The van der Waals surface area contributed by atoms with Gasteiger partial charge >= 0.3 is 11.9 Å². The first-order valence-electron chi connectivity index (χ1n) is 10.1. The smallest absolute Gasteiger partial charge is 0.340 e. The van der Waals surface area contributed by atoms with Crippen LogP contribution in [0.25, 0.3) is 0 Å². The Kier molecular flexibility index (Phi) is 16.5. The molecule has 0 N–H and O–H groups in total. The molecule has 0 aromatic heterocycles. The number of unbranched alkanes of at least 4 members (excludes halogenated alkanes) is 11. The van der Waals surface area contributed by atoms with E-state index < -0.39 is 11.9 Å². The molecule has 0 aliphatic carbocycles. The third-order valence-corrected chi connectivity index (χ3v) is 4.20. The normalized spacial score (nSPS) is 11.0. The van der Waals surface area contributed by atoms with E-state index in [0.717, 1.165) is 25.7 Å². The minimum Gasteiger partial charge on any atom is -0.390 e. The fourth-order valence-electron chi connectivity index (χ4n) is 2.58. The lowest BCUT2D eigenvalue weighted by Crippen LogP contribution is -2.12. The molecule has 144 valence electrons. The Morgan fingerprint density at radius 1 is 0.800 bits per heavy atom. The lowest BCUT2D eigenvalue weighted by Gasteiger charge is -2.02. The highest BCUT2D eigenvalue weighted by atomic mass is 16.6. The third kappa shape index (κ3) is 17.2. The lowest BCUT2D eigenvalue weighted by atomic mass is 10.1. The van der Waals surface area contributed by atoms with Crippen LogP contribution in [0.1, 0.15) is 104 Å². The standard InChI is InChI=1S/C22H38O3/c1-4-5-6-7-8-9-10-11-12-13-14-15-16-17-18-19-21(23)25-22(24)20(2)3/h11-12H,2,4-10,13-19H2,1,3H3/b12-11-. The van der Waals surface area contributed by atoms with E-state index in [1.165, 1.54) is 64.7 Å². The SMILES string of the molecule is C=C(C)C(=O)OC(=O)CCCCCCC/C=C\CCCCCCCC. The summed E-state index contributed by atoms with van der Waals surface area (Å²) in [6.45, 7) is 7.25. The van der Waals surface area contributed by atoms with Gasteiger partial charge in [-0.25, -0.2) is 4.79 Å². The number of rotatable bonds is 16. The maximum atomic E-state index is 11.4. The van der Waals surface area contributed by atoms with Crippen molar-refractivity contribution in [2.24, 2.45) is 0 Å². The molecule has 0 atom stereocenters. The maximum Gasteiger partial charge on any atom is 0.340 e. The highest BCUT2D eigenvalue weighted by Crippen LogP contribution is 2.10. The number of allylic oxidation sites excluding steroid dienone is 2. The van der Waals surface area contributed by atoms with Crippen LogP contribution in [-0.2, 0) is 14.3 Å². The zero-order valence-electron chi connectivity index (χ0n) is 16.5. The van der Waals surface area contributed by atoms with Crippen molar-refractivity contribution < 1.29 is 14.3 Å². The second kappa shape index (κ2) is 17.4. The van der Waals surface area contributed by atoms with Crippen LogP contribution in [0.5, 0.6) is 0 Å². The quantitative estimate of drug-likeness (QED) is 0.103. The van der Waals surface area contributed by atoms with E-state index in [9.17, 15) is 9.59 Å². The van der Waals surface area contributed by atoms with Crippen molar-refractivity contribution in [3.8, 4) is 0 Å². The van der Waals surface area contributed by atoms with Gasteiger partial charge in [0, 0.05) is 12.0 Å². The number of ether oxygens (including phenoxy) is 1. The lowest BCUT2D eigenvalue weighted by molar-refractivity contribution is -0.156. The van der Waals surface area contributed by atoms with Gasteiger partial charge in [-0.1, -0.05) is 77.0 Å². The molecule has 0 saturated heterocycles. The third-order valence-electron chi connectivity index (χ3n) is 4.20. The zero-order valence-corrected chi connectivity index (χ0v) is 16.5. The summed E-state index contributed by atoms with van der Waals surface area (Å²) in [5.74, 6) is -1.05. The van der Waals surface area contributed by atoms with E-state index in [1.807, 2.05) is 0 Å². The minimum absolute atomic E-state index is 0.262. The molecule has 0 aliphatic rings. The molecule has 0 spiro atoms. The second-order valence-electron chi connectivity index (χ2n) is 6.88. The van der Waals surface area contributed by atoms with Crippen LogP contribution in [-0.4, -0.2) is 11.9 Å². The molecule has 25 heavy (non-hydrogen) atoms. The average molecular weight is 351 g/mol. The Balaban J connectivity index is 3.30. The van der Waals surface area contributed by atoms with Crippen molar-refractivity contribution in [3.05, 3.63) is 24.3 Å². The average Bonchev–Trinajstić information content (AvgIpc) is 2.58. The van der Waals surface area contributed by atoms with Crippen LogP contribution in [0.2, 0.25) is 0 Å². The van der Waals surface area contributed by atoms with Gasteiger partial charge in [0.15, 0.2) is 0 Å². The van der Waals surface area contributed by atoms with Crippen molar-refractivity contribution in [2.75, 3.05) is 0 Å². The molecule has 0 fully saturated rings. The van der Waals surface area contributed by atoms with Crippen molar-refractivity contribution in [1.82, 2.24) is 0 Å². The van der Waals surface area contributed by atoms with Crippen molar-refractivity contribution >= 4 is 11.9 Å². The van der Waals surface area contributed by atoms with Gasteiger partial charge in [0.1, 0.15) is 0 Å². The van der Waals surface area contributed by atoms with Crippen LogP contribution < -0.4 is 0 Å². The summed E-state index contributed by atoms with van der Waals surface area (Å²) in [6.07, 6.45) is 20.8. The van der Waals surface area contributed by atoms with E-state index in [0.29, 0.717) is 6.42 Å². The number of carbonyl (C=O) groups is 2. The minimum atomic E-state index is -0.613. The van der Waals surface area contributed by atoms with Crippen molar-refractivity contribution in [1.29, 1.82) is 0 Å². The molecular weight excluding hydrogens is 312 g/mol. The highest BCUT2D eigenvalue weighted by Gasteiger charge is 2.10. The summed E-state index contributed by atoms with van der Waals surface area (Å²) in [4.78, 5) is 22.6. The molecule has 3 heteroatoms. The zero-order chi connectivity index (χ0) is 18.8. The molecule has 0 unspecified atom stereocenters. The van der Waals surface area contributed by atoms with Gasteiger partial charge in [0.05, 0.1) is 0 Å². The summed E-state index contributed by atoms with van der Waals surface area (Å²) in [6, 6.07) is 0. The topological polar surface area (TPSA) is 43.4 Å². The molecule has 0 saturated carbocycles. The van der Waals surface area contributed by atoms with Gasteiger partial charge in [-0.2, -0.15) is 0 Å². The summed E-state index contributed by atoms with van der Waals surface area (Å²) in [5, 5.41) is 0. The Hall–Kier alpha value is -1.38. The molecule has 0 bridgehead atoms. The fourth-order valence-corrected chi connectivity index (χ4v) is 2.58. The molecule has 0 rings (SSSR count). The number of esters is 2. The van der Waals surface area contributed by atoms with Crippen LogP contribution in [0.15, 0.2) is 24.3 Å². The molecule has 0 aromatic rings. The van der Waals surface area contributed by atoms with Gasteiger partial charge in [0.2, 0.25) is 0 Å². The monoisotopic (exact) mass is 350 g/mol. The van der Waals surface area contributed by atoms with Gasteiger partial charge in [-0.15, -0.1) is 0 Å². The maximum absolute atomic E-state index is 11.4. The summed E-state index contributed by atoms with van der Waals surface area (Å²) < 4.78 is 4.64. The number of carbonyl (C=O) groups excluding carboxylic acids is 2. The van der Waals surface area contributed by atoms with Crippen LogP contribution in [0, 0.1) is 0 Å². The van der Waals surface area contributed by atoms with Crippen LogP contribution in [0.4, 0.5) is 0 Å². The first-order chi connectivity index (χ1) is 12.1. The van der Waals surface area contributed by atoms with Crippen LogP contribution >= 0.6 is 0 Å². The first-order valence-corrected chi connectivity index (χ1v) is 10.1. The van der Waals surface area contributed by atoms with E-state index in [-0.39, 0.29) is 5.57 Å². The van der Waals surface area contributed by atoms with Gasteiger partial charge in [-0.05, 0) is 39.0 Å². The number of hydrogen-bond acceptors (Lipinski definition) is 3. The van der Waals surface area contributed by atoms with E-state index in [2.05, 4.69) is 30.4 Å². The molecule has 0 heterocycles.